The van der Waals surface area contributed by atoms with E-state index in [-0.39, 0.29) is 50.2 Å². The lowest BCUT2D eigenvalue weighted by Gasteiger charge is -2.40. The predicted molar refractivity (Wildman–Crippen MR) is 275 cm³/mol. The van der Waals surface area contributed by atoms with Crippen LogP contribution in [0.25, 0.3) is 0 Å². The molecule has 72 heavy (non-hydrogen) atoms. The highest BCUT2D eigenvalue weighted by atomic mass is 16.6. The number of aliphatic hydroxyl groups is 1. The van der Waals surface area contributed by atoms with Crippen LogP contribution in [0.3, 0.4) is 0 Å². The summed E-state index contributed by atoms with van der Waals surface area (Å²) in [6.07, 6.45) is 0.571. The minimum Gasteiger partial charge on any atom is -0.445 e. The molecular weight excluding hydrogens is 931 g/mol. The van der Waals surface area contributed by atoms with Gasteiger partial charge in [-0.1, -0.05) is 86.9 Å². The Balaban J connectivity index is 3.17. The molecule has 12 N–H and O–H groups in total. The van der Waals surface area contributed by atoms with Crippen molar-refractivity contribution in [3.63, 3.8) is 0 Å². The Morgan fingerprint density at radius 3 is 1.90 bits per heavy atom. The Morgan fingerprint density at radius 1 is 0.819 bits per heavy atom. The van der Waals surface area contributed by atoms with Crippen LogP contribution in [0.5, 0.6) is 0 Å². The van der Waals surface area contributed by atoms with Crippen molar-refractivity contribution in [1.82, 2.24) is 41.9 Å². The Morgan fingerprint density at radius 2 is 1.42 bits per heavy atom. The van der Waals surface area contributed by atoms with Crippen molar-refractivity contribution in [1.29, 1.82) is 0 Å². The number of amides is 9. The van der Waals surface area contributed by atoms with Crippen molar-refractivity contribution in [3.8, 4) is 0 Å². The van der Waals surface area contributed by atoms with E-state index in [1.807, 2.05) is 13.8 Å². The van der Waals surface area contributed by atoms with Crippen molar-refractivity contribution >= 4 is 53.3 Å². The molecule has 10 atom stereocenters. The molecule has 3 unspecified atom stereocenters. The number of rotatable bonds is 32. The van der Waals surface area contributed by atoms with Gasteiger partial charge in [0.15, 0.2) is 0 Å². The number of urea groups is 1. The van der Waals surface area contributed by atoms with Crippen molar-refractivity contribution in [2.75, 3.05) is 33.1 Å². The summed E-state index contributed by atoms with van der Waals surface area (Å²) in [5.41, 5.74) is 16.2. The van der Waals surface area contributed by atoms with Crippen LogP contribution in [0.4, 0.5) is 15.3 Å². The zero-order valence-electron chi connectivity index (χ0n) is 45.1. The van der Waals surface area contributed by atoms with Gasteiger partial charge in [0.05, 0.1) is 24.5 Å². The third-order valence-electron chi connectivity index (χ3n) is 12.9. The molecule has 0 bridgehead atoms. The molecule has 0 heterocycles. The van der Waals surface area contributed by atoms with Crippen molar-refractivity contribution in [2.24, 2.45) is 41.1 Å². The highest BCUT2D eigenvalue weighted by molar-refractivity contribution is 5.98. The maximum atomic E-state index is 14.1. The number of anilines is 1. The normalized spacial score (nSPS) is 16.0. The second kappa shape index (κ2) is 30.9. The number of carbonyl (C=O) groups is 8. The number of likely N-dealkylation sites (N-methyl/N-ethyl adjacent to an activating group) is 2. The minimum absolute atomic E-state index is 0.0788. The number of carbonyl (C=O) groups excluding carboxylic acids is 8. The second-order valence-electron chi connectivity index (χ2n) is 19.8. The topological polar surface area (TPSA) is 318 Å². The van der Waals surface area contributed by atoms with E-state index >= 15 is 0 Å². The predicted octanol–water partition coefficient (Wildman–Crippen LogP) is 2.60. The highest BCUT2D eigenvalue weighted by Gasteiger charge is 2.40. The van der Waals surface area contributed by atoms with Crippen LogP contribution in [-0.4, -0.2) is 138 Å². The van der Waals surface area contributed by atoms with Gasteiger partial charge in [-0.05, 0) is 74.5 Å². The molecule has 9 amide bonds. The summed E-state index contributed by atoms with van der Waals surface area (Å²) >= 11 is 0. The van der Waals surface area contributed by atoms with Crippen LogP contribution >= 0.6 is 0 Å². The molecule has 0 saturated carbocycles. The van der Waals surface area contributed by atoms with Gasteiger partial charge >= 0.3 is 12.1 Å². The summed E-state index contributed by atoms with van der Waals surface area (Å²) in [7, 11) is 4.50. The Hall–Kier alpha value is -5.84. The molecule has 0 aliphatic carbocycles. The first-order chi connectivity index (χ1) is 33.6. The molecular formula is C50H87N11O11. The quantitative estimate of drug-likeness (QED) is 0.0215. The fourth-order valence-corrected chi connectivity index (χ4v) is 8.37. The molecule has 408 valence electrons. The monoisotopic (exact) mass is 1020 g/mol. The fraction of sp³-hybridized carbons (Fsp3) is 0.680. The summed E-state index contributed by atoms with van der Waals surface area (Å²) < 4.78 is 11.2. The summed E-state index contributed by atoms with van der Waals surface area (Å²) in [5, 5.41) is 23.9. The van der Waals surface area contributed by atoms with E-state index in [4.69, 9.17) is 20.9 Å². The summed E-state index contributed by atoms with van der Waals surface area (Å²) in [5.74, 6) is -5.00. The van der Waals surface area contributed by atoms with E-state index in [1.165, 1.54) is 24.0 Å². The van der Waals surface area contributed by atoms with Crippen molar-refractivity contribution in [3.05, 3.63) is 42.5 Å². The zero-order chi connectivity index (χ0) is 55.2. The first kappa shape index (κ1) is 64.2. The lowest BCUT2D eigenvalue weighted by Crippen LogP contribution is -2.61. The van der Waals surface area contributed by atoms with Gasteiger partial charge in [0.1, 0.15) is 37.0 Å². The molecule has 0 aromatic heterocycles. The smallest absolute Gasteiger partial charge is 0.410 e. The number of hydrazine groups is 1. The van der Waals surface area contributed by atoms with Gasteiger partial charge in [0.2, 0.25) is 35.4 Å². The molecule has 0 spiro atoms. The van der Waals surface area contributed by atoms with E-state index < -0.39 is 107 Å². The van der Waals surface area contributed by atoms with Gasteiger partial charge in [-0.3, -0.25) is 44.4 Å². The highest BCUT2D eigenvalue weighted by Crippen LogP contribution is 2.25. The first-order valence-corrected chi connectivity index (χ1v) is 24.7. The van der Waals surface area contributed by atoms with E-state index in [0.29, 0.717) is 24.1 Å². The van der Waals surface area contributed by atoms with E-state index in [1.54, 1.807) is 99.7 Å². The van der Waals surface area contributed by atoms with Crippen molar-refractivity contribution in [2.45, 2.75) is 163 Å². The van der Waals surface area contributed by atoms with Gasteiger partial charge < -0.3 is 52.2 Å². The average molecular weight is 1020 g/mol. The van der Waals surface area contributed by atoms with Crippen LogP contribution in [-0.2, 0) is 44.8 Å². The molecule has 0 saturated heterocycles. The van der Waals surface area contributed by atoms with Crippen molar-refractivity contribution < 1.29 is 52.9 Å². The van der Waals surface area contributed by atoms with Crippen LogP contribution in [0.1, 0.15) is 114 Å². The number of nitrogens with two attached hydrogens (primary N) is 2. The number of hydrogen-bond acceptors (Lipinski definition) is 13. The number of nitrogens with zero attached hydrogens (tertiary/aromatic N) is 2. The standard InChI is InChI=1S/C50H87N11O11/c1-16-24-50(12,57-33(11)62)32(10)43(64)59-58-39(28(3)4)45(66)55-36(19-18-25-53-48(52)69)44(65)54-35-22-20-34(21-23-35)27-72-49(70)61(14)41(30(7)8)46(67)56-40(29(5)6)47(68)60(13)42(31(9)17-2)37(71-15)26-38(51)63/h16,20-23,28-33,36-37,39-42,57-58,62H,1,17-19,24-27H2,2-15H3,(H2,51,63)(H,54,65)(H,55,66)(H,56,67)(H,59,64)(H3,52,53,69)/t31-,32?,33?,36-,37+,39-,40-,41-,42-,50?/m0/s1. The second-order valence-corrected chi connectivity index (χ2v) is 19.8. The van der Waals surface area contributed by atoms with Gasteiger partial charge in [-0.15, -0.1) is 6.58 Å². The Bertz CT molecular complexity index is 1950. The molecule has 0 fully saturated rings. The third kappa shape index (κ3) is 20.3. The lowest BCUT2D eigenvalue weighted by molar-refractivity contribution is -0.144. The molecule has 0 radical (unpaired) electrons. The molecule has 1 rings (SSSR count). The van der Waals surface area contributed by atoms with Crippen LogP contribution in [0.15, 0.2) is 36.9 Å². The maximum Gasteiger partial charge on any atom is 0.410 e. The number of nitrogens with one attached hydrogen (secondary N) is 7. The maximum absolute atomic E-state index is 14.1. The number of primary amides is 2. The first-order valence-electron chi connectivity index (χ1n) is 24.7. The molecule has 1 aromatic carbocycles. The summed E-state index contributed by atoms with van der Waals surface area (Å²) in [6.45, 7) is 23.2. The third-order valence-corrected chi connectivity index (χ3v) is 12.9. The number of aliphatic hydroxyl groups excluding tert-OH is 1. The minimum atomic E-state index is -1.09. The summed E-state index contributed by atoms with van der Waals surface area (Å²) in [6, 6.07) is 1.06. The molecule has 22 heteroatoms. The Labute approximate surface area is 426 Å². The lowest BCUT2D eigenvalue weighted by atomic mass is 9.83. The number of methoxy groups -OCH3 is 1. The molecule has 0 aliphatic heterocycles. The van der Waals surface area contributed by atoms with Crippen LogP contribution in [0, 0.1) is 29.6 Å². The van der Waals surface area contributed by atoms with Gasteiger partial charge in [-0.25, -0.2) is 15.0 Å². The van der Waals surface area contributed by atoms with Gasteiger partial charge in [0.25, 0.3) is 0 Å². The van der Waals surface area contributed by atoms with Crippen LogP contribution < -0.4 is 48.9 Å². The van der Waals surface area contributed by atoms with Crippen LogP contribution in [0.2, 0.25) is 0 Å². The number of hydrogen-bond donors (Lipinski definition) is 10. The SMILES string of the molecule is C=CCC(C)(NC(C)O)C(C)C(=O)NN[C@H](C(=O)N[C@@H](CCCNC(N)=O)C(=O)Nc1ccc(COC(=O)N(C)[C@H](C(=O)N[C@H](C(=O)N(C)[C@@H]([C@@H](C)CC)[C@@H](CC(N)=O)OC)C(C)C)C(C)C)cc1)C(C)C. The zero-order valence-corrected chi connectivity index (χ0v) is 45.1. The van der Waals surface area contributed by atoms with E-state index in [0.717, 1.165) is 0 Å². The molecule has 22 nitrogen and oxygen atoms in total. The number of ether oxygens (including phenoxy) is 2. The van der Waals surface area contributed by atoms with Gasteiger partial charge in [0, 0.05) is 39.0 Å². The average Bonchev–Trinajstić information content (AvgIpc) is 3.29. The largest absolute Gasteiger partial charge is 0.445 e. The summed E-state index contributed by atoms with van der Waals surface area (Å²) in [4.78, 5) is 108. The van der Waals surface area contributed by atoms with E-state index in [9.17, 15) is 43.5 Å². The van der Waals surface area contributed by atoms with Gasteiger partial charge in [-0.2, -0.15) is 0 Å². The molecule has 0 aliphatic rings. The number of benzene rings is 1. The Kier molecular flexibility index (Phi) is 27.5. The fourth-order valence-electron chi connectivity index (χ4n) is 8.37. The molecule has 1 aromatic rings. The van der Waals surface area contributed by atoms with E-state index in [2.05, 4.69) is 44.0 Å².